The van der Waals surface area contributed by atoms with Gasteiger partial charge in [0, 0.05) is 24.1 Å². The Labute approximate surface area is 109 Å². The van der Waals surface area contributed by atoms with Crippen molar-refractivity contribution in [3.63, 3.8) is 0 Å². The van der Waals surface area contributed by atoms with Crippen LogP contribution in [0.25, 0.3) is 0 Å². The minimum atomic E-state index is -0.429. The highest BCUT2D eigenvalue weighted by Gasteiger charge is 2.24. The van der Waals surface area contributed by atoms with Crippen LogP contribution >= 0.6 is 11.8 Å². The number of rotatable bonds is 3. The second kappa shape index (κ2) is 5.53. The normalized spacial score (nSPS) is 19.9. The third kappa shape index (κ3) is 2.56. The Morgan fingerprint density at radius 3 is 3.06 bits per heavy atom. The summed E-state index contributed by atoms with van der Waals surface area (Å²) in [7, 11) is 0. The Hall–Kier alpha value is -1.34. The highest BCUT2D eigenvalue weighted by atomic mass is 32.2. The predicted octanol–water partition coefficient (Wildman–Crippen LogP) is 1.21. The van der Waals surface area contributed by atoms with E-state index in [1.165, 1.54) is 6.07 Å². The molecule has 1 unspecified atom stereocenters. The molecule has 6 nitrogen and oxygen atoms in total. The van der Waals surface area contributed by atoms with Gasteiger partial charge >= 0.3 is 0 Å². The fourth-order valence-electron chi connectivity index (χ4n) is 2.00. The summed E-state index contributed by atoms with van der Waals surface area (Å²) in [5.41, 5.74) is 0.443. The van der Waals surface area contributed by atoms with E-state index < -0.39 is 4.92 Å². The minimum absolute atomic E-state index is 0.0330. The molecule has 0 aromatic carbocycles. The van der Waals surface area contributed by atoms with E-state index in [-0.39, 0.29) is 18.3 Å². The van der Waals surface area contributed by atoms with Crippen molar-refractivity contribution in [3.8, 4) is 0 Å². The summed E-state index contributed by atoms with van der Waals surface area (Å²) in [6.07, 6.45) is 0. The highest BCUT2D eigenvalue weighted by Crippen LogP contribution is 2.25. The molecule has 7 heteroatoms. The molecule has 1 aliphatic heterocycles. The van der Waals surface area contributed by atoms with Crippen LogP contribution in [0.3, 0.4) is 0 Å². The maximum Gasteiger partial charge on any atom is 0.290 e. The molecular formula is C11H15N3O3S. The molecule has 98 valence electrons. The summed E-state index contributed by atoms with van der Waals surface area (Å²) >= 11 is 1.80. The fourth-order valence-corrected chi connectivity index (χ4v) is 3.05. The van der Waals surface area contributed by atoms with E-state index in [1.54, 1.807) is 24.8 Å². The molecule has 0 spiro atoms. The van der Waals surface area contributed by atoms with E-state index in [9.17, 15) is 15.2 Å². The molecule has 2 heterocycles. The maximum atomic E-state index is 10.7. The lowest BCUT2D eigenvalue weighted by Gasteiger charge is -2.35. The van der Waals surface area contributed by atoms with E-state index >= 15 is 0 Å². The van der Waals surface area contributed by atoms with Crippen molar-refractivity contribution in [1.29, 1.82) is 0 Å². The fraction of sp³-hybridized carbons (Fsp3) is 0.545. The van der Waals surface area contributed by atoms with Crippen LogP contribution in [0.1, 0.15) is 5.69 Å². The molecule has 2 rings (SSSR count). The van der Waals surface area contributed by atoms with Gasteiger partial charge in [0.05, 0.1) is 17.6 Å². The summed E-state index contributed by atoms with van der Waals surface area (Å²) in [6, 6.07) is 3.18. The lowest BCUT2D eigenvalue weighted by molar-refractivity contribution is -0.385. The Morgan fingerprint density at radius 1 is 1.67 bits per heavy atom. The number of hydrogen-bond donors (Lipinski definition) is 1. The first-order valence-electron chi connectivity index (χ1n) is 5.70. The Kier molecular flexibility index (Phi) is 4.03. The summed E-state index contributed by atoms with van der Waals surface area (Å²) in [5.74, 6) is 2.54. The van der Waals surface area contributed by atoms with Crippen molar-refractivity contribution < 1.29 is 10.0 Å². The van der Waals surface area contributed by atoms with Crippen molar-refractivity contribution >= 4 is 23.3 Å². The Bertz CT molecular complexity index is 455. The summed E-state index contributed by atoms with van der Waals surface area (Å²) in [6.45, 7) is 2.51. The Balaban J connectivity index is 2.27. The van der Waals surface area contributed by atoms with Crippen molar-refractivity contribution in [3.05, 3.63) is 27.9 Å². The van der Waals surface area contributed by atoms with Crippen LogP contribution in [0.4, 0.5) is 11.5 Å². The zero-order valence-corrected chi connectivity index (χ0v) is 10.9. The van der Waals surface area contributed by atoms with Gasteiger partial charge in [-0.15, -0.1) is 0 Å². The third-order valence-electron chi connectivity index (χ3n) is 2.97. The number of pyridine rings is 1. The number of anilines is 1. The molecule has 0 radical (unpaired) electrons. The number of nitrogens with zero attached hydrogens (tertiary/aromatic N) is 3. The zero-order chi connectivity index (χ0) is 13.1. The van der Waals surface area contributed by atoms with E-state index in [0.717, 1.165) is 18.1 Å². The molecule has 1 aromatic heterocycles. The molecule has 1 N–H and O–H groups in total. The number of thioether (sulfide) groups is 1. The quantitative estimate of drug-likeness (QED) is 0.656. The van der Waals surface area contributed by atoms with Crippen LogP contribution in [-0.2, 0) is 0 Å². The maximum absolute atomic E-state index is 10.7. The second-order valence-electron chi connectivity index (χ2n) is 4.14. The van der Waals surface area contributed by atoms with Crippen molar-refractivity contribution in [2.24, 2.45) is 0 Å². The van der Waals surface area contributed by atoms with Gasteiger partial charge in [-0.2, -0.15) is 11.8 Å². The van der Waals surface area contributed by atoms with Gasteiger partial charge in [-0.3, -0.25) is 10.1 Å². The van der Waals surface area contributed by atoms with Crippen molar-refractivity contribution in [1.82, 2.24) is 4.98 Å². The first-order chi connectivity index (χ1) is 8.63. The molecule has 0 aliphatic carbocycles. The summed E-state index contributed by atoms with van der Waals surface area (Å²) in [5, 5.41) is 20.1. The molecule has 18 heavy (non-hydrogen) atoms. The van der Waals surface area contributed by atoms with Crippen LogP contribution < -0.4 is 4.90 Å². The lowest BCUT2D eigenvalue weighted by atomic mass is 10.2. The number of aryl methyl sites for hydroxylation is 1. The molecular weight excluding hydrogens is 254 g/mol. The molecule has 1 fully saturated rings. The number of aliphatic hydroxyl groups is 1. The first-order valence-corrected chi connectivity index (χ1v) is 6.86. The number of aliphatic hydroxyl groups excluding tert-OH is 1. The third-order valence-corrected chi connectivity index (χ3v) is 4.06. The standard InChI is InChI=1S/C11H15N3O3S/c1-8-10(14(16)17)2-3-11(12-8)13-4-5-18-7-9(13)6-15/h2-3,9,15H,4-7H2,1H3. The van der Waals surface area contributed by atoms with E-state index in [0.29, 0.717) is 11.5 Å². The lowest BCUT2D eigenvalue weighted by Crippen LogP contribution is -2.45. The van der Waals surface area contributed by atoms with Crippen LogP contribution in [-0.4, -0.2) is 45.7 Å². The van der Waals surface area contributed by atoms with Crippen LogP contribution in [0.15, 0.2) is 12.1 Å². The number of aromatic nitrogens is 1. The molecule has 0 amide bonds. The van der Waals surface area contributed by atoms with Gasteiger partial charge in [0.15, 0.2) is 0 Å². The number of nitro groups is 1. The van der Waals surface area contributed by atoms with E-state index in [2.05, 4.69) is 4.98 Å². The van der Waals surface area contributed by atoms with Gasteiger partial charge in [-0.05, 0) is 13.0 Å². The first kappa shape index (κ1) is 13.1. The summed E-state index contributed by atoms with van der Waals surface area (Å²) in [4.78, 5) is 16.6. The monoisotopic (exact) mass is 269 g/mol. The highest BCUT2D eigenvalue weighted by molar-refractivity contribution is 7.99. The minimum Gasteiger partial charge on any atom is -0.394 e. The smallest absolute Gasteiger partial charge is 0.290 e. The molecule has 1 aromatic rings. The molecule has 1 aliphatic rings. The topological polar surface area (TPSA) is 79.5 Å². The van der Waals surface area contributed by atoms with Gasteiger partial charge in [-0.25, -0.2) is 4.98 Å². The zero-order valence-electron chi connectivity index (χ0n) is 10.1. The van der Waals surface area contributed by atoms with Crippen LogP contribution in [0.2, 0.25) is 0 Å². The molecule has 1 atom stereocenters. The average Bonchev–Trinajstić information content (AvgIpc) is 2.38. The van der Waals surface area contributed by atoms with Gasteiger partial charge in [0.1, 0.15) is 11.5 Å². The van der Waals surface area contributed by atoms with Crippen LogP contribution in [0.5, 0.6) is 0 Å². The Morgan fingerprint density at radius 2 is 2.44 bits per heavy atom. The number of hydrogen-bond acceptors (Lipinski definition) is 6. The van der Waals surface area contributed by atoms with Gasteiger partial charge < -0.3 is 10.0 Å². The van der Waals surface area contributed by atoms with Crippen molar-refractivity contribution in [2.45, 2.75) is 13.0 Å². The van der Waals surface area contributed by atoms with Gasteiger partial charge in [0.2, 0.25) is 0 Å². The second-order valence-corrected chi connectivity index (χ2v) is 5.29. The SMILES string of the molecule is Cc1nc(N2CCSCC2CO)ccc1[N+](=O)[O-]. The van der Waals surface area contributed by atoms with Gasteiger partial charge in [-0.1, -0.05) is 0 Å². The predicted molar refractivity (Wildman–Crippen MR) is 71.2 cm³/mol. The summed E-state index contributed by atoms with van der Waals surface area (Å²) < 4.78 is 0. The average molecular weight is 269 g/mol. The van der Waals surface area contributed by atoms with Crippen molar-refractivity contribution in [2.75, 3.05) is 29.6 Å². The largest absolute Gasteiger partial charge is 0.394 e. The molecule has 0 bridgehead atoms. The van der Waals surface area contributed by atoms with E-state index in [4.69, 9.17) is 0 Å². The van der Waals surface area contributed by atoms with Gasteiger partial charge in [0.25, 0.3) is 5.69 Å². The molecule has 0 saturated carbocycles. The van der Waals surface area contributed by atoms with E-state index in [1.807, 2.05) is 4.90 Å². The van der Waals surface area contributed by atoms with Crippen LogP contribution in [0, 0.1) is 17.0 Å². The molecule has 1 saturated heterocycles.